The second-order valence-electron chi connectivity index (χ2n) is 7.71. The van der Waals surface area contributed by atoms with E-state index in [1.807, 2.05) is 30.3 Å². The molecule has 0 spiro atoms. The molecule has 1 aromatic heterocycles. The molecule has 0 bridgehead atoms. The molecular formula is C25H24FN3O. The number of nitriles is 1. The van der Waals surface area contributed by atoms with E-state index in [9.17, 15) is 5.26 Å². The number of aromatic nitrogens is 1. The molecule has 3 aromatic rings. The number of pyridine rings is 1. The predicted octanol–water partition coefficient (Wildman–Crippen LogP) is 4.95. The first-order valence-electron chi connectivity index (χ1n) is 10.1. The Labute approximate surface area is 176 Å². The van der Waals surface area contributed by atoms with E-state index < -0.39 is 11.2 Å². The second-order valence-corrected chi connectivity index (χ2v) is 7.71. The molecule has 1 fully saturated rings. The number of halogens is 1. The molecule has 0 N–H and O–H groups in total. The fourth-order valence-electron chi connectivity index (χ4n) is 4.14. The van der Waals surface area contributed by atoms with Gasteiger partial charge in [0.25, 0.3) is 0 Å². The van der Waals surface area contributed by atoms with Gasteiger partial charge in [0.2, 0.25) is 0 Å². The van der Waals surface area contributed by atoms with E-state index in [4.69, 9.17) is 4.74 Å². The fourth-order valence-corrected chi connectivity index (χ4v) is 4.14. The van der Waals surface area contributed by atoms with Crippen LogP contribution >= 0.6 is 0 Å². The molecule has 0 amide bonds. The van der Waals surface area contributed by atoms with Crippen molar-refractivity contribution in [3.05, 3.63) is 83.8 Å². The summed E-state index contributed by atoms with van der Waals surface area (Å²) in [5.74, 6) is 0.138. The van der Waals surface area contributed by atoms with E-state index in [-0.39, 0.29) is 5.69 Å². The van der Waals surface area contributed by atoms with Gasteiger partial charge in [0.1, 0.15) is 17.3 Å². The average Bonchev–Trinajstić information content (AvgIpc) is 2.80. The molecule has 5 heteroatoms. The van der Waals surface area contributed by atoms with Crippen LogP contribution in [-0.4, -0.2) is 30.1 Å². The summed E-state index contributed by atoms with van der Waals surface area (Å²) in [7, 11) is 1.55. The van der Waals surface area contributed by atoms with Gasteiger partial charge < -0.3 is 4.74 Å². The number of piperidine rings is 1. The van der Waals surface area contributed by atoms with Crippen LogP contribution in [0.3, 0.4) is 0 Å². The number of hydrogen-bond donors (Lipinski definition) is 0. The molecule has 1 saturated heterocycles. The lowest BCUT2D eigenvalue weighted by atomic mass is 9.74. The molecule has 0 radical (unpaired) electrons. The number of benzene rings is 2. The smallest absolute Gasteiger partial charge is 0.149 e. The van der Waals surface area contributed by atoms with Crippen molar-refractivity contribution in [2.24, 2.45) is 0 Å². The number of rotatable bonds is 5. The third kappa shape index (κ3) is 3.92. The highest BCUT2D eigenvalue weighted by Gasteiger charge is 2.37. The summed E-state index contributed by atoms with van der Waals surface area (Å²) in [4.78, 5) is 6.74. The van der Waals surface area contributed by atoms with Gasteiger partial charge in [-0.25, -0.2) is 4.39 Å². The molecule has 152 valence electrons. The maximum absolute atomic E-state index is 15.0. The fraction of sp³-hybridized carbons (Fsp3) is 0.280. The molecule has 0 saturated carbocycles. The minimum absolute atomic E-state index is 0.241. The van der Waals surface area contributed by atoms with Crippen molar-refractivity contribution in [1.29, 1.82) is 5.26 Å². The van der Waals surface area contributed by atoms with Crippen molar-refractivity contribution >= 4 is 0 Å². The van der Waals surface area contributed by atoms with E-state index in [0.29, 0.717) is 29.7 Å². The zero-order valence-electron chi connectivity index (χ0n) is 17.0. The van der Waals surface area contributed by atoms with Crippen LogP contribution in [0.15, 0.2) is 66.9 Å². The molecular weight excluding hydrogens is 377 g/mol. The van der Waals surface area contributed by atoms with Crippen LogP contribution in [0.2, 0.25) is 0 Å². The van der Waals surface area contributed by atoms with Gasteiger partial charge in [-0.15, -0.1) is 0 Å². The Balaban J connectivity index is 1.54. The molecule has 0 unspecified atom stereocenters. The van der Waals surface area contributed by atoms with Crippen LogP contribution in [0.5, 0.6) is 5.75 Å². The molecule has 30 heavy (non-hydrogen) atoms. The number of methoxy groups -OCH3 is 1. The van der Waals surface area contributed by atoms with E-state index >= 15 is 4.39 Å². The molecule has 1 aliphatic heterocycles. The maximum atomic E-state index is 15.0. The molecule has 0 atom stereocenters. The van der Waals surface area contributed by atoms with E-state index in [2.05, 4.69) is 28.1 Å². The summed E-state index contributed by atoms with van der Waals surface area (Å²) < 4.78 is 20.4. The Morgan fingerprint density at radius 1 is 1.10 bits per heavy atom. The topological polar surface area (TPSA) is 49.1 Å². The average molecular weight is 401 g/mol. The lowest BCUT2D eigenvalue weighted by Crippen LogP contribution is -2.41. The van der Waals surface area contributed by atoms with Crippen molar-refractivity contribution in [3.63, 3.8) is 0 Å². The highest BCUT2D eigenvalue weighted by molar-refractivity contribution is 5.67. The van der Waals surface area contributed by atoms with Crippen molar-refractivity contribution < 1.29 is 9.13 Å². The van der Waals surface area contributed by atoms with Crippen LogP contribution in [0.1, 0.15) is 24.0 Å². The van der Waals surface area contributed by atoms with E-state index in [0.717, 1.165) is 19.6 Å². The molecule has 0 aliphatic carbocycles. The van der Waals surface area contributed by atoms with Gasteiger partial charge in [0.05, 0.1) is 18.6 Å². The highest BCUT2D eigenvalue weighted by atomic mass is 19.1. The minimum Gasteiger partial charge on any atom is -0.496 e. The Morgan fingerprint density at radius 3 is 2.47 bits per heavy atom. The largest absolute Gasteiger partial charge is 0.496 e. The van der Waals surface area contributed by atoms with Gasteiger partial charge in [0.15, 0.2) is 0 Å². The summed E-state index contributed by atoms with van der Waals surface area (Å²) in [5.41, 5.74) is 2.05. The van der Waals surface area contributed by atoms with Crippen LogP contribution in [0.25, 0.3) is 11.3 Å². The van der Waals surface area contributed by atoms with Gasteiger partial charge >= 0.3 is 0 Å². The summed E-state index contributed by atoms with van der Waals surface area (Å²) in [6.45, 7) is 2.44. The monoisotopic (exact) mass is 401 g/mol. The zero-order chi connectivity index (χ0) is 21.0. The van der Waals surface area contributed by atoms with Gasteiger partial charge in [-0.3, -0.25) is 9.88 Å². The summed E-state index contributed by atoms with van der Waals surface area (Å²) in [6.07, 6.45) is 2.97. The van der Waals surface area contributed by atoms with Gasteiger partial charge in [0, 0.05) is 31.4 Å². The molecule has 2 aromatic carbocycles. The Hall–Kier alpha value is -3.23. The molecule has 2 heterocycles. The Kier molecular flexibility index (Phi) is 5.78. The third-order valence-electron chi connectivity index (χ3n) is 5.93. The van der Waals surface area contributed by atoms with Gasteiger partial charge in [-0.05, 0) is 42.2 Å². The van der Waals surface area contributed by atoms with Gasteiger partial charge in [-0.2, -0.15) is 5.26 Å². The first-order chi connectivity index (χ1) is 14.6. The Morgan fingerprint density at radius 2 is 1.80 bits per heavy atom. The molecule has 1 aliphatic rings. The first kappa shape index (κ1) is 20.1. The summed E-state index contributed by atoms with van der Waals surface area (Å²) in [6, 6.07) is 21.5. The lowest BCUT2D eigenvalue weighted by Gasteiger charge is -2.37. The summed E-state index contributed by atoms with van der Waals surface area (Å²) in [5, 5.41) is 9.99. The van der Waals surface area contributed by atoms with Crippen molar-refractivity contribution in [3.8, 4) is 23.1 Å². The Bertz CT molecular complexity index is 1050. The number of hydrogen-bond acceptors (Lipinski definition) is 4. The van der Waals surface area contributed by atoms with Crippen LogP contribution in [-0.2, 0) is 12.0 Å². The standard InChI is InChI=1S/C25H24FN3O/c1-30-23-10-6-5-9-21(23)24-22(26)15-20(16-28-24)25(18-27)11-13-29(14-12-25)17-19-7-3-2-4-8-19/h2-10,15-16H,11-14,17H2,1H3. The predicted molar refractivity (Wildman–Crippen MR) is 114 cm³/mol. The summed E-state index contributed by atoms with van der Waals surface area (Å²) >= 11 is 0. The van der Waals surface area contributed by atoms with Gasteiger partial charge in [-0.1, -0.05) is 42.5 Å². The molecule has 4 rings (SSSR count). The van der Waals surface area contributed by atoms with Crippen LogP contribution < -0.4 is 4.74 Å². The first-order valence-corrected chi connectivity index (χ1v) is 10.1. The minimum atomic E-state index is -0.708. The number of nitrogens with zero attached hydrogens (tertiary/aromatic N) is 3. The van der Waals surface area contributed by atoms with Crippen molar-refractivity contribution in [2.75, 3.05) is 20.2 Å². The lowest BCUT2D eigenvalue weighted by molar-refractivity contribution is 0.178. The normalized spacial score (nSPS) is 16.0. The van der Waals surface area contributed by atoms with Crippen LogP contribution in [0, 0.1) is 17.1 Å². The zero-order valence-corrected chi connectivity index (χ0v) is 17.0. The maximum Gasteiger partial charge on any atom is 0.149 e. The van der Waals surface area contributed by atoms with Crippen LogP contribution in [0.4, 0.5) is 4.39 Å². The van der Waals surface area contributed by atoms with Crippen molar-refractivity contribution in [1.82, 2.24) is 9.88 Å². The molecule has 4 nitrogen and oxygen atoms in total. The van der Waals surface area contributed by atoms with Crippen molar-refractivity contribution in [2.45, 2.75) is 24.8 Å². The quantitative estimate of drug-likeness (QED) is 0.607. The number of likely N-dealkylation sites (tertiary alicyclic amines) is 1. The highest BCUT2D eigenvalue weighted by Crippen LogP contribution is 2.37. The number of ether oxygens (including phenoxy) is 1. The second kappa shape index (κ2) is 8.64. The van der Waals surface area contributed by atoms with E-state index in [1.54, 1.807) is 25.4 Å². The number of para-hydroxylation sites is 1. The SMILES string of the molecule is COc1ccccc1-c1ncc(C2(C#N)CCN(Cc3ccccc3)CC2)cc1F. The third-order valence-corrected chi connectivity index (χ3v) is 5.93. The van der Waals surface area contributed by atoms with E-state index in [1.165, 1.54) is 11.6 Å².